The van der Waals surface area contributed by atoms with Gasteiger partial charge in [-0.15, -0.1) is 0 Å². The normalized spacial score (nSPS) is 11.9. The predicted molar refractivity (Wildman–Crippen MR) is 134 cm³/mol. The minimum Gasteiger partial charge on any atom is -0.493 e. The van der Waals surface area contributed by atoms with Gasteiger partial charge >= 0.3 is 18.1 Å². The number of carboxylic acid groups (broad SMARTS) is 2. The van der Waals surface area contributed by atoms with Crippen LogP contribution in [0, 0.1) is 0 Å². The molecule has 0 aliphatic heterocycles. The van der Waals surface area contributed by atoms with Gasteiger partial charge in [0, 0.05) is 11.4 Å². The number of halogens is 5. The second-order valence-electron chi connectivity index (χ2n) is 7.29. The van der Waals surface area contributed by atoms with Gasteiger partial charge in [-0.05, 0) is 47.5 Å². The number of nitrogens with two attached hydrogens (primary N) is 2. The number of benzene rings is 2. The van der Waals surface area contributed by atoms with E-state index in [1.807, 2.05) is 0 Å². The first-order chi connectivity index (χ1) is 18.0. The molecule has 0 heterocycles. The summed E-state index contributed by atoms with van der Waals surface area (Å²) in [5, 5.41) is 20.1. The number of carbonyl (C=O) groups is 2. The molecule has 2 aromatic rings. The van der Waals surface area contributed by atoms with Crippen molar-refractivity contribution >= 4 is 51.1 Å². The van der Waals surface area contributed by atoms with Crippen molar-refractivity contribution in [3.8, 4) is 5.75 Å². The van der Waals surface area contributed by atoms with Crippen LogP contribution in [0.5, 0.6) is 5.75 Å². The number of hydrogen-bond acceptors (Lipinski definition) is 7. The van der Waals surface area contributed by atoms with Crippen LogP contribution in [0.15, 0.2) is 52.5 Å². The molecular formula is C21H23Cl2F3N4O8S. The van der Waals surface area contributed by atoms with Crippen molar-refractivity contribution in [2.24, 2.45) is 16.6 Å². The van der Waals surface area contributed by atoms with Gasteiger partial charge in [-0.25, -0.2) is 13.2 Å². The molecule has 0 saturated carbocycles. The summed E-state index contributed by atoms with van der Waals surface area (Å²) in [6, 6.07) is 9.00. The number of hydrogen-bond donors (Lipinski definition) is 5. The van der Waals surface area contributed by atoms with E-state index < -0.39 is 34.2 Å². The highest BCUT2D eigenvalue weighted by atomic mass is 35.5. The first kappa shape index (κ1) is 33.6. The molecule has 0 radical (unpaired) electrons. The average Bonchev–Trinajstić information content (AvgIpc) is 2.81. The number of sulfonamides is 1. The van der Waals surface area contributed by atoms with Crippen molar-refractivity contribution in [3.63, 3.8) is 0 Å². The highest BCUT2D eigenvalue weighted by Gasteiger charge is 2.38. The maximum Gasteiger partial charge on any atom is 0.490 e. The molecule has 0 amide bonds. The SMILES string of the molecule is NC(N)=NOCCCOc1ccc(C[C@H](NS(=O)(=O)c2ccc(Cl)cc2Cl)C(=O)O)cc1.O=C(O)C(F)(F)F. The molecule has 0 saturated heterocycles. The topological polar surface area (TPSA) is 204 Å². The molecule has 216 valence electrons. The molecule has 2 aromatic carbocycles. The summed E-state index contributed by atoms with van der Waals surface area (Å²) in [4.78, 5) is 25.1. The van der Waals surface area contributed by atoms with Crippen molar-refractivity contribution in [2.75, 3.05) is 13.2 Å². The van der Waals surface area contributed by atoms with E-state index in [2.05, 4.69) is 9.88 Å². The highest BCUT2D eigenvalue weighted by molar-refractivity contribution is 7.89. The quantitative estimate of drug-likeness (QED) is 0.102. The Hall–Kier alpha value is -3.47. The standard InChI is InChI=1S/C19H22Cl2N4O6S.C2HF3O2/c20-13-4-7-17(15(21)11-13)32(28,29)25-16(18(26)27)10-12-2-5-14(6-3-12)30-8-1-9-31-24-19(22)23;3-2(4,5)1(6)7/h2-7,11,16,25H,1,8-10H2,(H,26,27)(H4,22,23,24);(H,6,7)/t16-;/m0./s1. The highest BCUT2D eigenvalue weighted by Crippen LogP contribution is 2.25. The smallest absolute Gasteiger partial charge is 0.490 e. The Bertz CT molecular complexity index is 1260. The monoisotopic (exact) mass is 618 g/mol. The van der Waals surface area contributed by atoms with Crippen LogP contribution in [0.3, 0.4) is 0 Å². The predicted octanol–water partition coefficient (Wildman–Crippen LogP) is 2.57. The Kier molecular flexibility index (Phi) is 13.1. The van der Waals surface area contributed by atoms with E-state index in [0.717, 1.165) is 0 Å². The van der Waals surface area contributed by atoms with E-state index in [0.29, 0.717) is 24.3 Å². The fourth-order valence-electron chi connectivity index (χ4n) is 2.51. The van der Waals surface area contributed by atoms with Crippen LogP contribution in [0.25, 0.3) is 0 Å². The lowest BCUT2D eigenvalue weighted by atomic mass is 10.1. The average molecular weight is 619 g/mol. The van der Waals surface area contributed by atoms with Crippen molar-refractivity contribution in [1.29, 1.82) is 0 Å². The molecule has 0 unspecified atom stereocenters. The number of rotatable bonds is 12. The van der Waals surface area contributed by atoms with E-state index in [4.69, 9.17) is 54.1 Å². The largest absolute Gasteiger partial charge is 0.493 e. The third kappa shape index (κ3) is 12.8. The molecule has 7 N–H and O–H groups in total. The molecule has 18 heteroatoms. The summed E-state index contributed by atoms with van der Waals surface area (Å²) in [6.07, 6.45) is -4.64. The number of ether oxygens (including phenoxy) is 1. The summed E-state index contributed by atoms with van der Waals surface area (Å²) >= 11 is 11.7. The van der Waals surface area contributed by atoms with Crippen molar-refractivity contribution < 1.29 is 51.0 Å². The molecule has 2 rings (SSSR count). The molecular weight excluding hydrogens is 596 g/mol. The number of aliphatic carboxylic acids is 2. The van der Waals surface area contributed by atoms with Gasteiger partial charge in [-0.1, -0.05) is 35.3 Å². The van der Waals surface area contributed by atoms with Gasteiger partial charge in [-0.3, -0.25) is 4.79 Å². The van der Waals surface area contributed by atoms with Gasteiger partial charge in [0.05, 0.1) is 11.6 Å². The number of nitrogens with zero attached hydrogens (tertiary/aromatic N) is 1. The number of nitrogens with one attached hydrogen (secondary N) is 1. The molecule has 1 atom stereocenters. The minimum absolute atomic E-state index is 0.0909. The lowest BCUT2D eigenvalue weighted by molar-refractivity contribution is -0.192. The van der Waals surface area contributed by atoms with Crippen LogP contribution >= 0.6 is 23.2 Å². The summed E-state index contributed by atoms with van der Waals surface area (Å²) in [7, 11) is -4.19. The second-order valence-corrected chi connectivity index (χ2v) is 9.82. The minimum atomic E-state index is -5.08. The summed E-state index contributed by atoms with van der Waals surface area (Å²) < 4.78 is 64.6. The zero-order chi connectivity index (χ0) is 29.8. The van der Waals surface area contributed by atoms with E-state index in [1.165, 1.54) is 18.2 Å². The van der Waals surface area contributed by atoms with Crippen LogP contribution in [0.4, 0.5) is 13.2 Å². The van der Waals surface area contributed by atoms with E-state index in [9.17, 15) is 31.5 Å². The Morgan fingerprint density at radius 3 is 2.13 bits per heavy atom. The van der Waals surface area contributed by atoms with Crippen LogP contribution < -0.4 is 20.9 Å². The molecule has 0 aromatic heterocycles. The van der Waals surface area contributed by atoms with Crippen LogP contribution in [-0.2, 0) is 30.9 Å². The summed E-state index contributed by atoms with van der Waals surface area (Å²) in [6.45, 7) is 0.618. The van der Waals surface area contributed by atoms with E-state index in [1.54, 1.807) is 24.3 Å². The van der Waals surface area contributed by atoms with Gasteiger partial charge in [0.25, 0.3) is 0 Å². The van der Waals surface area contributed by atoms with Crippen molar-refractivity contribution in [3.05, 3.63) is 58.1 Å². The van der Waals surface area contributed by atoms with Gasteiger partial charge in [0.15, 0.2) is 0 Å². The Morgan fingerprint density at radius 1 is 1.05 bits per heavy atom. The number of guanidine groups is 1. The molecule has 39 heavy (non-hydrogen) atoms. The van der Waals surface area contributed by atoms with Crippen molar-refractivity contribution in [2.45, 2.75) is 30.0 Å². The molecule has 0 aliphatic carbocycles. The summed E-state index contributed by atoms with van der Waals surface area (Å²) in [5.41, 5.74) is 10.8. The number of oxime groups is 1. The maximum absolute atomic E-state index is 12.6. The molecule has 0 fully saturated rings. The Morgan fingerprint density at radius 2 is 1.64 bits per heavy atom. The maximum atomic E-state index is 12.6. The van der Waals surface area contributed by atoms with Crippen LogP contribution in [0.1, 0.15) is 12.0 Å². The van der Waals surface area contributed by atoms with Gasteiger partial charge in [0.1, 0.15) is 23.3 Å². The summed E-state index contributed by atoms with van der Waals surface area (Å²) in [5.74, 6) is -3.71. The van der Waals surface area contributed by atoms with Gasteiger partial charge in [0.2, 0.25) is 16.0 Å². The fraction of sp³-hybridized carbons (Fsp3) is 0.286. The Balaban J connectivity index is 0.000000956. The molecule has 12 nitrogen and oxygen atoms in total. The van der Waals surface area contributed by atoms with Gasteiger partial charge < -0.3 is 31.3 Å². The second kappa shape index (κ2) is 15.2. The van der Waals surface area contributed by atoms with E-state index >= 15 is 0 Å². The third-order valence-electron chi connectivity index (χ3n) is 4.20. The Labute approximate surface area is 230 Å². The lowest BCUT2D eigenvalue weighted by Gasteiger charge is -2.16. The number of alkyl halides is 3. The van der Waals surface area contributed by atoms with Crippen molar-refractivity contribution in [1.82, 2.24) is 4.72 Å². The number of carboxylic acids is 2. The zero-order valence-corrected chi connectivity index (χ0v) is 22.0. The molecule has 0 spiro atoms. The van der Waals surface area contributed by atoms with Crippen LogP contribution in [-0.4, -0.2) is 62.0 Å². The van der Waals surface area contributed by atoms with E-state index in [-0.39, 0.29) is 33.9 Å². The lowest BCUT2D eigenvalue weighted by Crippen LogP contribution is -2.42. The van der Waals surface area contributed by atoms with Crippen LogP contribution in [0.2, 0.25) is 10.0 Å². The first-order valence-corrected chi connectivity index (χ1v) is 12.7. The molecule has 0 bridgehead atoms. The fourth-order valence-corrected chi connectivity index (χ4v) is 4.48. The first-order valence-electron chi connectivity index (χ1n) is 10.5. The third-order valence-corrected chi connectivity index (χ3v) is 6.39. The zero-order valence-electron chi connectivity index (χ0n) is 19.7. The van der Waals surface area contributed by atoms with Gasteiger partial charge in [-0.2, -0.15) is 17.9 Å². The molecule has 0 aliphatic rings.